The van der Waals surface area contributed by atoms with Crippen molar-refractivity contribution >= 4 is 55.1 Å². The van der Waals surface area contributed by atoms with Gasteiger partial charge in [-0.3, -0.25) is 14.2 Å². The summed E-state index contributed by atoms with van der Waals surface area (Å²) >= 11 is 2.57. The summed E-state index contributed by atoms with van der Waals surface area (Å²) in [6.45, 7) is 2.72. The summed E-state index contributed by atoms with van der Waals surface area (Å²) in [5, 5.41) is 4.19. The number of rotatable bonds is 8. The van der Waals surface area contributed by atoms with Gasteiger partial charge in [-0.2, -0.15) is 0 Å². The second kappa shape index (κ2) is 10.3. The van der Waals surface area contributed by atoms with Gasteiger partial charge in [0.2, 0.25) is 5.91 Å². The second-order valence-electron chi connectivity index (χ2n) is 7.67. The predicted octanol–water partition coefficient (Wildman–Crippen LogP) is 5.18. The number of fused-ring (bicyclic) bond motifs is 3. The summed E-state index contributed by atoms with van der Waals surface area (Å²) in [4.78, 5) is 36.3. The van der Waals surface area contributed by atoms with Gasteiger partial charge >= 0.3 is 0 Å². The molecule has 0 aliphatic rings. The van der Waals surface area contributed by atoms with Crippen molar-refractivity contribution in [1.82, 2.24) is 14.5 Å². The van der Waals surface area contributed by atoms with Crippen LogP contribution in [0.4, 0.5) is 5.69 Å². The van der Waals surface area contributed by atoms with Crippen molar-refractivity contribution < 1.29 is 9.53 Å². The van der Waals surface area contributed by atoms with E-state index in [0.717, 1.165) is 27.2 Å². The van der Waals surface area contributed by atoms with Crippen molar-refractivity contribution in [3.63, 3.8) is 0 Å². The number of pyridine rings is 1. The SMILES string of the molecule is CCOc1ccccc1Cn1c(SCC(=O)Nc2ccccc2)nc2c(sc3ncccc32)c1=O. The molecule has 0 aliphatic carbocycles. The van der Waals surface area contributed by atoms with Gasteiger partial charge in [-0.05, 0) is 37.3 Å². The number of hydrogen-bond acceptors (Lipinski definition) is 7. The molecule has 3 aromatic heterocycles. The molecule has 0 radical (unpaired) electrons. The van der Waals surface area contributed by atoms with Gasteiger partial charge in [0.15, 0.2) is 5.16 Å². The first-order chi connectivity index (χ1) is 17.1. The lowest BCUT2D eigenvalue weighted by Gasteiger charge is -2.15. The Morgan fingerprint density at radius 3 is 2.71 bits per heavy atom. The molecule has 0 bridgehead atoms. The number of carbonyl (C=O) groups excluding carboxylic acids is 1. The smallest absolute Gasteiger partial charge is 0.272 e. The van der Waals surface area contributed by atoms with Crippen LogP contribution in [-0.2, 0) is 11.3 Å². The van der Waals surface area contributed by atoms with Gasteiger partial charge in [0, 0.05) is 22.8 Å². The zero-order chi connectivity index (χ0) is 24.2. The fourth-order valence-corrected chi connectivity index (χ4v) is 5.56. The van der Waals surface area contributed by atoms with E-state index >= 15 is 0 Å². The number of anilines is 1. The van der Waals surface area contributed by atoms with Crippen molar-refractivity contribution in [3.05, 3.63) is 88.8 Å². The van der Waals surface area contributed by atoms with E-state index in [0.29, 0.717) is 22.0 Å². The van der Waals surface area contributed by atoms with Crippen LogP contribution in [-0.4, -0.2) is 32.8 Å². The lowest BCUT2D eigenvalue weighted by Crippen LogP contribution is -2.24. The largest absolute Gasteiger partial charge is 0.494 e. The predicted molar refractivity (Wildman–Crippen MR) is 142 cm³/mol. The number of carbonyl (C=O) groups is 1. The fourth-order valence-electron chi connectivity index (χ4n) is 3.74. The van der Waals surface area contributed by atoms with E-state index < -0.39 is 0 Å². The van der Waals surface area contributed by atoms with Crippen LogP contribution < -0.4 is 15.6 Å². The molecule has 5 rings (SSSR count). The van der Waals surface area contributed by atoms with Crippen molar-refractivity contribution in [2.24, 2.45) is 0 Å². The van der Waals surface area contributed by atoms with Gasteiger partial charge in [0.25, 0.3) is 5.56 Å². The quantitative estimate of drug-likeness (QED) is 0.232. The highest BCUT2D eigenvalue weighted by Crippen LogP contribution is 2.31. The number of ether oxygens (including phenoxy) is 1. The van der Waals surface area contributed by atoms with E-state index in [4.69, 9.17) is 9.72 Å². The highest BCUT2D eigenvalue weighted by Gasteiger charge is 2.19. The van der Waals surface area contributed by atoms with Gasteiger partial charge in [-0.1, -0.05) is 48.2 Å². The molecule has 3 heterocycles. The Bertz CT molecular complexity index is 1560. The Kier molecular flexibility index (Phi) is 6.78. The third-order valence-electron chi connectivity index (χ3n) is 5.31. The van der Waals surface area contributed by atoms with Crippen molar-refractivity contribution in [2.75, 3.05) is 17.7 Å². The molecule has 1 N–H and O–H groups in total. The Morgan fingerprint density at radius 2 is 1.89 bits per heavy atom. The first kappa shape index (κ1) is 23.1. The van der Waals surface area contributed by atoms with E-state index in [9.17, 15) is 9.59 Å². The Labute approximate surface area is 209 Å². The van der Waals surface area contributed by atoms with Crippen LogP contribution in [0.3, 0.4) is 0 Å². The number of benzene rings is 2. The van der Waals surface area contributed by atoms with E-state index in [2.05, 4.69) is 10.3 Å². The highest BCUT2D eigenvalue weighted by molar-refractivity contribution is 7.99. The molecule has 0 saturated carbocycles. The number of nitrogens with zero attached hydrogens (tertiary/aromatic N) is 3. The molecule has 0 fully saturated rings. The minimum absolute atomic E-state index is 0.111. The van der Waals surface area contributed by atoms with E-state index in [1.165, 1.54) is 23.1 Å². The van der Waals surface area contributed by atoms with Crippen LogP contribution in [0.5, 0.6) is 5.75 Å². The van der Waals surface area contributed by atoms with Gasteiger partial charge < -0.3 is 10.1 Å². The number of thiophene rings is 1. The summed E-state index contributed by atoms with van der Waals surface area (Å²) < 4.78 is 7.94. The average molecular weight is 503 g/mol. The third-order valence-corrected chi connectivity index (χ3v) is 7.38. The Hall–Kier alpha value is -3.69. The number of aromatic nitrogens is 3. The summed E-state index contributed by atoms with van der Waals surface area (Å²) in [5.74, 6) is 0.659. The maximum Gasteiger partial charge on any atom is 0.272 e. The van der Waals surface area contributed by atoms with Gasteiger partial charge in [0.05, 0.1) is 24.4 Å². The molecule has 5 aromatic rings. The van der Waals surface area contributed by atoms with Crippen LogP contribution in [0.1, 0.15) is 12.5 Å². The van der Waals surface area contributed by atoms with Gasteiger partial charge in [-0.25, -0.2) is 9.97 Å². The van der Waals surface area contributed by atoms with Crippen LogP contribution in [0.15, 0.2) is 82.9 Å². The molecule has 0 atom stereocenters. The lowest BCUT2D eigenvalue weighted by molar-refractivity contribution is -0.113. The Balaban J connectivity index is 1.54. The Morgan fingerprint density at radius 1 is 1.09 bits per heavy atom. The summed E-state index contributed by atoms with van der Waals surface area (Å²) in [7, 11) is 0. The minimum Gasteiger partial charge on any atom is -0.494 e. The third kappa shape index (κ3) is 4.91. The maximum absolute atomic E-state index is 13.7. The minimum atomic E-state index is -0.173. The normalized spacial score (nSPS) is 11.1. The zero-order valence-corrected chi connectivity index (χ0v) is 20.6. The monoisotopic (exact) mass is 502 g/mol. The number of thioether (sulfide) groups is 1. The summed E-state index contributed by atoms with van der Waals surface area (Å²) in [5.41, 5.74) is 2.05. The number of nitrogens with one attached hydrogen (secondary N) is 1. The van der Waals surface area contributed by atoms with Crippen LogP contribution >= 0.6 is 23.1 Å². The standard InChI is InChI=1S/C26H22N4O3S2/c1-2-33-20-13-7-6-9-17(20)15-30-25(32)23-22(19-12-8-14-27-24(19)35-23)29-26(30)34-16-21(31)28-18-10-4-3-5-11-18/h3-14H,2,15-16H2,1H3,(H,28,31). The average Bonchev–Trinajstić information content (AvgIpc) is 3.25. The highest BCUT2D eigenvalue weighted by atomic mass is 32.2. The van der Waals surface area contributed by atoms with Crippen LogP contribution in [0.2, 0.25) is 0 Å². The molecule has 1 amide bonds. The molecule has 7 nitrogen and oxygen atoms in total. The molecule has 0 unspecified atom stereocenters. The van der Waals surface area contributed by atoms with Crippen molar-refractivity contribution in [2.45, 2.75) is 18.6 Å². The van der Waals surface area contributed by atoms with Crippen molar-refractivity contribution in [1.29, 1.82) is 0 Å². The lowest BCUT2D eigenvalue weighted by atomic mass is 10.2. The molecule has 176 valence electrons. The fraction of sp³-hybridized carbons (Fsp3) is 0.154. The van der Waals surface area contributed by atoms with Gasteiger partial charge in [-0.15, -0.1) is 11.3 Å². The first-order valence-electron chi connectivity index (χ1n) is 11.1. The van der Waals surface area contributed by atoms with E-state index in [-0.39, 0.29) is 23.8 Å². The zero-order valence-electron chi connectivity index (χ0n) is 18.9. The molecular weight excluding hydrogens is 480 g/mol. The molecular formula is C26H22N4O3S2. The van der Waals surface area contributed by atoms with E-state index in [1.54, 1.807) is 10.8 Å². The summed E-state index contributed by atoms with van der Waals surface area (Å²) in [6.07, 6.45) is 1.71. The number of para-hydroxylation sites is 2. The second-order valence-corrected chi connectivity index (χ2v) is 9.61. The molecule has 0 saturated heterocycles. The molecule has 2 aromatic carbocycles. The molecule has 35 heavy (non-hydrogen) atoms. The van der Waals surface area contributed by atoms with Gasteiger partial charge in [0.1, 0.15) is 15.3 Å². The number of amides is 1. The molecule has 9 heteroatoms. The summed E-state index contributed by atoms with van der Waals surface area (Å²) in [6, 6.07) is 20.7. The molecule has 0 spiro atoms. The van der Waals surface area contributed by atoms with Crippen LogP contribution in [0, 0.1) is 0 Å². The first-order valence-corrected chi connectivity index (χ1v) is 12.9. The van der Waals surface area contributed by atoms with Crippen molar-refractivity contribution in [3.8, 4) is 5.75 Å². The number of hydrogen-bond donors (Lipinski definition) is 1. The molecule has 0 aliphatic heterocycles. The topological polar surface area (TPSA) is 86.1 Å². The van der Waals surface area contributed by atoms with Crippen LogP contribution in [0.25, 0.3) is 20.4 Å². The maximum atomic E-state index is 13.7. The van der Waals surface area contributed by atoms with E-state index in [1.807, 2.05) is 73.7 Å².